The van der Waals surface area contributed by atoms with E-state index < -0.39 is 17.9 Å². The molecule has 0 aliphatic heterocycles. The van der Waals surface area contributed by atoms with Gasteiger partial charge in [0.25, 0.3) is 11.8 Å². The van der Waals surface area contributed by atoms with Crippen LogP contribution in [0.4, 0.5) is 17.1 Å². The number of ether oxygens (including phenoxy) is 2. The summed E-state index contributed by atoms with van der Waals surface area (Å²) < 4.78 is 14.9. The summed E-state index contributed by atoms with van der Waals surface area (Å²) in [6, 6.07) is 11.1. The number of nitrogens with zero attached hydrogens (tertiary/aromatic N) is 3. The molecule has 0 bridgehead atoms. The summed E-state index contributed by atoms with van der Waals surface area (Å²) in [4.78, 5) is 43.2. The molecule has 0 aliphatic rings. The molecule has 3 aromatic rings. The zero-order valence-corrected chi connectivity index (χ0v) is 24.4. The third-order valence-electron chi connectivity index (χ3n) is 6.27. The fourth-order valence-corrected chi connectivity index (χ4v) is 4.79. The molecule has 214 valence electrons. The van der Waals surface area contributed by atoms with Gasteiger partial charge in [-0.05, 0) is 53.7 Å². The van der Waals surface area contributed by atoms with E-state index in [0.29, 0.717) is 35.2 Å². The highest BCUT2D eigenvalue weighted by Gasteiger charge is 2.36. The number of amides is 3. The second-order valence-corrected chi connectivity index (χ2v) is 10.5. The van der Waals surface area contributed by atoms with Crippen molar-refractivity contribution in [3.05, 3.63) is 58.6 Å². The molecule has 0 saturated heterocycles. The Labute approximate surface area is 238 Å². The van der Waals surface area contributed by atoms with Crippen LogP contribution in [0.5, 0.6) is 11.5 Å². The minimum absolute atomic E-state index is 0.0199. The lowest BCUT2D eigenvalue weighted by Crippen LogP contribution is -2.44. The number of methoxy groups -OCH3 is 2. The average molecular weight is 569 g/mol. The van der Waals surface area contributed by atoms with Crippen LogP contribution in [0.2, 0.25) is 0 Å². The minimum atomic E-state index is -1.10. The first-order chi connectivity index (χ1) is 19.0. The van der Waals surface area contributed by atoms with Crippen molar-refractivity contribution in [3.63, 3.8) is 0 Å². The fourth-order valence-electron chi connectivity index (χ4n) is 4.05. The summed E-state index contributed by atoms with van der Waals surface area (Å²) >= 11 is 0.744. The normalized spacial score (nSPS) is 11.6. The van der Waals surface area contributed by atoms with Gasteiger partial charge in [-0.1, -0.05) is 26.0 Å². The van der Waals surface area contributed by atoms with Gasteiger partial charge < -0.3 is 31.2 Å². The topological polar surface area (TPSA) is 153 Å². The number of anilines is 3. The van der Waals surface area contributed by atoms with E-state index in [9.17, 15) is 14.4 Å². The Balaban J connectivity index is 2.23. The number of benzene rings is 2. The van der Waals surface area contributed by atoms with Crippen LogP contribution in [0.3, 0.4) is 0 Å². The molecule has 2 aromatic carbocycles. The first kappa shape index (κ1) is 30.2. The number of hydrogen-bond acceptors (Lipinski definition) is 9. The molecule has 1 atom stereocenters. The van der Waals surface area contributed by atoms with Crippen molar-refractivity contribution in [2.75, 3.05) is 50.4 Å². The Morgan fingerprint density at radius 1 is 1.00 bits per heavy atom. The maximum atomic E-state index is 14.2. The second-order valence-electron chi connectivity index (χ2n) is 9.71. The van der Waals surface area contributed by atoms with Gasteiger partial charge in [-0.3, -0.25) is 19.3 Å². The molecule has 0 radical (unpaired) electrons. The molecule has 1 aromatic heterocycles. The van der Waals surface area contributed by atoms with Gasteiger partial charge in [0, 0.05) is 38.1 Å². The Hall–Kier alpha value is -4.32. The quantitative estimate of drug-likeness (QED) is 0.300. The lowest BCUT2D eigenvalue weighted by atomic mass is 10.0. The maximum absolute atomic E-state index is 14.2. The second kappa shape index (κ2) is 13.2. The Bertz CT molecular complexity index is 1360. The molecular weight excluding hydrogens is 532 g/mol. The minimum Gasteiger partial charge on any atom is -0.493 e. The summed E-state index contributed by atoms with van der Waals surface area (Å²) in [6.07, 6.45) is 0.756. The number of nitrogen functional groups attached to an aromatic ring is 1. The number of carbonyl (C=O) groups is 3. The Morgan fingerprint density at radius 3 is 2.15 bits per heavy atom. The van der Waals surface area contributed by atoms with Gasteiger partial charge in [0.05, 0.1) is 19.9 Å². The number of primary amides is 1. The van der Waals surface area contributed by atoms with Crippen LogP contribution in [0.25, 0.3) is 0 Å². The fraction of sp³-hybridized carbons (Fsp3) is 0.357. The van der Waals surface area contributed by atoms with Gasteiger partial charge in [0.2, 0.25) is 5.91 Å². The summed E-state index contributed by atoms with van der Waals surface area (Å²) in [5.41, 5.74) is 13.0. The smallest absolute Gasteiger partial charge is 0.273 e. The molecule has 0 saturated carbocycles. The van der Waals surface area contributed by atoms with Crippen LogP contribution >= 0.6 is 11.5 Å². The van der Waals surface area contributed by atoms with Crippen LogP contribution in [0.15, 0.2) is 42.5 Å². The molecule has 11 nitrogen and oxygen atoms in total. The van der Waals surface area contributed by atoms with Crippen molar-refractivity contribution >= 4 is 46.3 Å². The van der Waals surface area contributed by atoms with Crippen molar-refractivity contribution in [3.8, 4) is 11.5 Å². The van der Waals surface area contributed by atoms with E-state index in [1.807, 2.05) is 31.1 Å². The van der Waals surface area contributed by atoms with Crippen molar-refractivity contribution < 1.29 is 23.9 Å². The van der Waals surface area contributed by atoms with Gasteiger partial charge in [-0.2, -0.15) is 4.37 Å². The predicted octanol–water partition coefficient (Wildman–Crippen LogP) is 3.46. The molecule has 0 spiro atoms. The van der Waals surface area contributed by atoms with Gasteiger partial charge in [0.1, 0.15) is 10.9 Å². The molecule has 3 rings (SSSR count). The summed E-state index contributed by atoms with van der Waals surface area (Å²) in [6.45, 7) is 4.54. The van der Waals surface area contributed by atoms with Gasteiger partial charge in [0.15, 0.2) is 17.2 Å². The van der Waals surface area contributed by atoms with Crippen molar-refractivity contribution in [2.45, 2.75) is 26.3 Å². The number of hydrogen-bond donors (Lipinski definition) is 3. The monoisotopic (exact) mass is 568 g/mol. The highest BCUT2D eigenvalue weighted by Crippen LogP contribution is 2.38. The van der Waals surface area contributed by atoms with E-state index in [0.717, 1.165) is 23.6 Å². The molecule has 3 amide bonds. The Morgan fingerprint density at radius 2 is 1.62 bits per heavy atom. The van der Waals surface area contributed by atoms with Crippen LogP contribution in [0.1, 0.15) is 52.0 Å². The van der Waals surface area contributed by atoms with E-state index in [2.05, 4.69) is 23.5 Å². The average Bonchev–Trinajstić information content (AvgIpc) is 3.32. The molecular formula is C28H36N6O5S. The summed E-state index contributed by atoms with van der Waals surface area (Å²) in [7, 11) is 6.80. The zero-order valence-electron chi connectivity index (χ0n) is 23.6. The number of carbonyl (C=O) groups excluding carboxylic acids is 3. The largest absolute Gasteiger partial charge is 0.493 e. The van der Waals surface area contributed by atoms with E-state index >= 15 is 0 Å². The number of aromatic nitrogens is 1. The lowest BCUT2D eigenvalue weighted by Gasteiger charge is -2.32. The summed E-state index contributed by atoms with van der Waals surface area (Å²) in [5, 5.41) is 2.98. The molecule has 0 aliphatic carbocycles. The number of nitrogens with two attached hydrogens (primary N) is 2. The van der Waals surface area contributed by atoms with Crippen LogP contribution < -0.4 is 36.1 Å². The lowest BCUT2D eigenvalue weighted by molar-refractivity contribution is -0.122. The molecule has 40 heavy (non-hydrogen) atoms. The van der Waals surface area contributed by atoms with Crippen LogP contribution in [0, 0.1) is 5.92 Å². The van der Waals surface area contributed by atoms with Gasteiger partial charge >= 0.3 is 0 Å². The van der Waals surface area contributed by atoms with Crippen molar-refractivity contribution in [1.29, 1.82) is 0 Å². The summed E-state index contributed by atoms with van der Waals surface area (Å²) in [5.74, 6) is -0.705. The third-order valence-corrected chi connectivity index (χ3v) is 7.12. The third kappa shape index (κ3) is 6.63. The SMILES string of the molecule is COc1ccc(N(C(=O)c2snc(C(N)=O)c2N)[C@@H](C(=O)NCCC(C)C)c2ccc(N(C)C)cc2)cc1OC. The highest BCUT2D eigenvalue weighted by atomic mass is 32.1. The zero-order chi connectivity index (χ0) is 29.6. The molecule has 0 fully saturated rings. The molecule has 12 heteroatoms. The Kier molecular flexibility index (Phi) is 9.94. The highest BCUT2D eigenvalue weighted by molar-refractivity contribution is 7.09. The van der Waals surface area contributed by atoms with Crippen molar-refractivity contribution in [1.82, 2.24) is 9.69 Å². The molecule has 5 N–H and O–H groups in total. The predicted molar refractivity (Wildman–Crippen MR) is 157 cm³/mol. The van der Waals surface area contributed by atoms with Gasteiger partial charge in [-0.25, -0.2) is 0 Å². The standard InChI is InChI=1S/C28H36N6O5S/c1-16(2)13-14-31-27(36)24(17-7-9-18(10-8-17)33(3)4)34(19-11-12-20(38-5)21(15-19)39-6)28(37)25-22(29)23(26(30)35)32-40-25/h7-12,15-16,24H,13-14,29H2,1-6H3,(H2,30,35)(H,31,36)/t24-/m1/s1. The molecule has 1 heterocycles. The first-order valence-electron chi connectivity index (χ1n) is 12.7. The number of nitrogens with one attached hydrogen (secondary N) is 1. The van der Waals surface area contributed by atoms with Gasteiger partial charge in [-0.15, -0.1) is 0 Å². The van der Waals surface area contributed by atoms with Crippen LogP contribution in [-0.2, 0) is 4.79 Å². The van der Waals surface area contributed by atoms with E-state index in [1.54, 1.807) is 30.3 Å². The maximum Gasteiger partial charge on any atom is 0.273 e. The number of rotatable bonds is 12. The van der Waals surface area contributed by atoms with E-state index in [1.165, 1.54) is 19.1 Å². The molecule has 0 unspecified atom stereocenters. The van der Waals surface area contributed by atoms with Crippen molar-refractivity contribution in [2.24, 2.45) is 11.7 Å². The van der Waals surface area contributed by atoms with Crippen LogP contribution in [-0.4, -0.2) is 57.0 Å². The van der Waals surface area contributed by atoms with E-state index in [-0.39, 0.29) is 22.2 Å². The first-order valence-corrected chi connectivity index (χ1v) is 13.4. The van der Waals surface area contributed by atoms with E-state index in [4.69, 9.17) is 20.9 Å².